The Morgan fingerprint density at radius 1 is 1.16 bits per heavy atom. The molecule has 1 atom stereocenters. The summed E-state index contributed by atoms with van der Waals surface area (Å²) in [6.45, 7) is 0.841. The van der Waals surface area contributed by atoms with Crippen molar-refractivity contribution in [1.82, 2.24) is 9.78 Å². The van der Waals surface area contributed by atoms with Gasteiger partial charge in [-0.3, -0.25) is 9.48 Å². The smallest absolute Gasteiger partial charge is 0.276 e. The first kappa shape index (κ1) is 15.5. The summed E-state index contributed by atoms with van der Waals surface area (Å²) in [4.78, 5) is 12.4. The standard InChI is InChI=1S/C19H16FN3O2/c20-14-8-6-13(7-9-14)18-11-23-16(12-25-18)10-17(22-23)19(24)21-15-4-2-1-3-5-15/h1-10,18H,11-12H2,(H,21,24)/t18-/m0/s1. The second-order valence-corrected chi connectivity index (χ2v) is 5.87. The third-order valence-electron chi connectivity index (χ3n) is 4.14. The lowest BCUT2D eigenvalue weighted by molar-refractivity contribution is -0.00122. The minimum absolute atomic E-state index is 0.210. The molecule has 0 radical (unpaired) electrons. The van der Waals surface area contributed by atoms with E-state index in [2.05, 4.69) is 10.4 Å². The number of hydrogen-bond acceptors (Lipinski definition) is 3. The van der Waals surface area contributed by atoms with Crippen LogP contribution in [0, 0.1) is 5.82 Å². The van der Waals surface area contributed by atoms with Gasteiger partial charge in [0.05, 0.1) is 18.8 Å². The van der Waals surface area contributed by atoms with Gasteiger partial charge in [0.2, 0.25) is 0 Å². The molecule has 6 heteroatoms. The number of carbonyl (C=O) groups excluding carboxylic acids is 1. The number of hydrogen-bond donors (Lipinski definition) is 1. The summed E-state index contributed by atoms with van der Waals surface area (Å²) in [6, 6.07) is 17.2. The summed E-state index contributed by atoms with van der Waals surface area (Å²) in [5.41, 5.74) is 2.80. The largest absolute Gasteiger partial charge is 0.365 e. The number of carbonyl (C=O) groups is 1. The van der Waals surface area contributed by atoms with Crippen molar-refractivity contribution in [3.63, 3.8) is 0 Å². The first-order valence-corrected chi connectivity index (χ1v) is 7.99. The molecular weight excluding hydrogens is 321 g/mol. The van der Waals surface area contributed by atoms with E-state index in [4.69, 9.17) is 4.74 Å². The SMILES string of the molecule is O=C(Nc1ccccc1)c1cc2n(n1)C[C@@H](c1ccc(F)cc1)OC2. The van der Waals surface area contributed by atoms with Gasteiger partial charge >= 0.3 is 0 Å². The van der Waals surface area contributed by atoms with Crippen molar-refractivity contribution < 1.29 is 13.9 Å². The van der Waals surface area contributed by atoms with Gasteiger partial charge in [-0.05, 0) is 35.9 Å². The Morgan fingerprint density at radius 2 is 1.92 bits per heavy atom. The van der Waals surface area contributed by atoms with Gasteiger partial charge in [-0.15, -0.1) is 0 Å². The van der Waals surface area contributed by atoms with Crippen LogP contribution in [0.5, 0.6) is 0 Å². The van der Waals surface area contributed by atoms with E-state index in [-0.39, 0.29) is 17.8 Å². The highest BCUT2D eigenvalue weighted by Gasteiger charge is 2.24. The van der Waals surface area contributed by atoms with Crippen molar-refractivity contribution in [3.05, 3.63) is 83.4 Å². The number of fused-ring (bicyclic) bond motifs is 1. The van der Waals surface area contributed by atoms with Crippen molar-refractivity contribution in [1.29, 1.82) is 0 Å². The average Bonchev–Trinajstić information content (AvgIpc) is 3.06. The highest BCUT2D eigenvalue weighted by atomic mass is 19.1. The Balaban J connectivity index is 1.50. The molecule has 0 aliphatic carbocycles. The monoisotopic (exact) mass is 337 g/mol. The zero-order chi connectivity index (χ0) is 17.2. The maximum atomic E-state index is 13.1. The van der Waals surface area contributed by atoms with Crippen LogP contribution < -0.4 is 5.32 Å². The van der Waals surface area contributed by atoms with Gasteiger partial charge < -0.3 is 10.1 Å². The predicted octanol–water partition coefficient (Wildman–Crippen LogP) is 3.55. The van der Waals surface area contributed by atoms with Gasteiger partial charge in [0.1, 0.15) is 11.9 Å². The van der Waals surface area contributed by atoms with Crippen LogP contribution in [0.3, 0.4) is 0 Å². The number of anilines is 1. The van der Waals surface area contributed by atoms with Crippen LogP contribution in [0.25, 0.3) is 0 Å². The number of rotatable bonds is 3. The predicted molar refractivity (Wildman–Crippen MR) is 90.6 cm³/mol. The van der Waals surface area contributed by atoms with E-state index in [9.17, 15) is 9.18 Å². The lowest BCUT2D eigenvalue weighted by Gasteiger charge is -2.24. The third-order valence-corrected chi connectivity index (χ3v) is 4.14. The number of aromatic nitrogens is 2. The van der Waals surface area contributed by atoms with E-state index in [1.165, 1.54) is 12.1 Å². The Kier molecular flexibility index (Phi) is 4.03. The molecular formula is C19H16FN3O2. The number of nitrogens with one attached hydrogen (secondary N) is 1. The second kappa shape index (κ2) is 6.49. The molecule has 0 bridgehead atoms. The first-order valence-electron chi connectivity index (χ1n) is 7.99. The lowest BCUT2D eigenvalue weighted by Crippen LogP contribution is -2.22. The molecule has 1 aliphatic rings. The van der Waals surface area contributed by atoms with Crippen LogP contribution in [0.2, 0.25) is 0 Å². The second-order valence-electron chi connectivity index (χ2n) is 5.87. The quantitative estimate of drug-likeness (QED) is 0.795. The molecule has 1 aromatic heterocycles. The van der Waals surface area contributed by atoms with Crippen LogP contribution >= 0.6 is 0 Å². The minimum atomic E-state index is -0.279. The summed E-state index contributed by atoms with van der Waals surface area (Å²) in [5.74, 6) is -0.536. The lowest BCUT2D eigenvalue weighted by atomic mass is 10.1. The van der Waals surface area contributed by atoms with E-state index in [1.807, 2.05) is 30.3 Å². The fourth-order valence-electron chi connectivity index (χ4n) is 2.83. The zero-order valence-electron chi connectivity index (χ0n) is 13.4. The normalized spacial score (nSPS) is 16.3. The molecule has 0 saturated carbocycles. The molecule has 4 rings (SSSR count). The Bertz CT molecular complexity index is 891. The fourth-order valence-corrected chi connectivity index (χ4v) is 2.83. The molecule has 0 saturated heterocycles. The maximum absolute atomic E-state index is 13.1. The summed E-state index contributed by atoms with van der Waals surface area (Å²) >= 11 is 0. The van der Waals surface area contributed by atoms with E-state index < -0.39 is 0 Å². The molecule has 1 aliphatic heterocycles. The summed E-state index contributed by atoms with van der Waals surface area (Å²) in [5, 5.41) is 7.21. The number of para-hydroxylation sites is 1. The van der Waals surface area contributed by atoms with Crippen LogP contribution in [-0.4, -0.2) is 15.7 Å². The maximum Gasteiger partial charge on any atom is 0.276 e. The van der Waals surface area contributed by atoms with Crippen LogP contribution in [0.15, 0.2) is 60.7 Å². The van der Waals surface area contributed by atoms with Gasteiger partial charge in [-0.1, -0.05) is 30.3 Å². The Labute approximate surface area is 144 Å². The van der Waals surface area contributed by atoms with Gasteiger partial charge in [0.15, 0.2) is 5.69 Å². The van der Waals surface area contributed by atoms with E-state index in [0.717, 1.165) is 16.9 Å². The van der Waals surface area contributed by atoms with Crippen LogP contribution in [0.4, 0.5) is 10.1 Å². The number of benzene rings is 2. The van der Waals surface area contributed by atoms with Crippen LogP contribution in [0.1, 0.15) is 27.8 Å². The van der Waals surface area contributed by atoms with Crippen molar-refractivity contribution in [3.8, 4) is 0 Å². The van der Waals surface area contributed by atoms with Gasteiger partial charge in [-0.2, -0.15) is 5.10 Å². The first-order chi connectivity index (χ1) is 12.2. The Hall–Kier alpha value is -2.99. The molecule has 1 N–H and O–H groups in total. The fraction of sp³-hybridized carbons (Fsp3) is 0.158. The molecule has 25 heavy (non-hydrogen) atoms. The summed E-state index contributed by atoms with van der Waals surface area (Å²) < 4.78 is 20.7. The molecule has 0 unspecified atom stereocenters. The zero-order valence-corrected chi connectivity index (χ0v) is 13.4. The molecule has 0 fully saturated rings. The minimum Gasteiger partial charge on any atom is -0.365 e. The molecule has 126 valence electrons. The molecule has 2 aromatic carbocycles. The van der Waals surface area contributed by atoms with E-state index in [1.54, 1.807) is 22.9 Å². The summed E-state index contributed by atoms with van der Waals surface area (Å²) in [7, 11) is 0. The topological polar surface area (TPSA) is 56.2 Å². The highest BCUT2D eigenvalue weighted by Crippen LogP contribution is 2.26. The van der Waals surface area contributed by atoms with Crippen LogP contribution in [-0.2, 0) is 17.9 Å². The van der Waals surface area contributed by atoms with Gasteiger partial charge in [0, 0.05) is 5.69 Å². The number of amides is 1. The average molecular weight is 337 g/mol. The van der Waals surface area contributed by atoms with Gasteiger partial charge in [-0.25, -0.2) is 4.39 Å². The van der Waals surface area contributed by atoms with E-state index in [0.29, 0.717) is 18.8 Å². The molecule has 3 aromatic rings. The number of nitrogens with zero attached hydrogens (tertiary/aromatic N) is 2. The van der Waals surface area contributed by atoms with Crippen molar-refractivity contribution in [2.75, 3.05) is 5.32 Å². The molecule has 2 heterocycles. The number of ether oxygens (including phenoxy) is 1. The number of halogens is 1. The summed E-state index contributed by atoms with van der Waals surface area (Å²) in [6.07, 6.45) is -0.210. The van der Waals surface area contributed by atoms with Crippen molar-refractivity contribution >= 4 is 11.6 Å². The Morgan fingerprint density at radius 3 is 2.68 bits per heavy atom. The van der Waals surface area contributed by atoms with Crippen molar-refractivity contribution in [2.24, 2.45) is 0 Å². The molecule has 5 nitrogen and oxygen atoms in total. The van der Waals surface area contributed by atoms with Crippen molar-refractivity contribution in [2.45, 2.75) is 19.3 Å². The molecule has 1 amide bonds. The van der Waals surface area contributed by atoms with E-state index >= 15 is 0 Å². The highest BCUT2D eigenvalue weighted by molar-refractivity contribution is 6.02. The third kappa shape index (κ3) is 3.29. The molecule has 0 spiro atoms. The van der Waals surface area contributed by atoms with Gasteiger partial charge in [0.25, 0.3) is 5.91 Å².